The number of carbonyl (C=O) groups is 1. The summed E-state index contributed by atoms with van der Waals surface area (Å²) >= 11 is 0. The van der Waals surface area contributed by atoms with Crippen molar-refractivity contribution in [2.75, 3.05) is 24.5 Å². The maximum Gasteiger partial charge on any atom is 0.324 e. The molecule has 21 heavy (non-hydrogen) atoms. The smallest absolute Gasteiger partial charge is 0.324 e. The lowest BCUT2D eigenvalue weighted by molar-refractivity contribution is 0.193. The number of amidine groups is 1. The lowest BCUT2D eigenvalue weighted by Crippen LogP contribution is -2.46. The van der Waals surface area contributed by atoms with Gasteiger partial charge in [0.2, 0.25) is 0 Å². The Labute approximate surface area is 124 Å². The summed E-state index contributed by atoms with van der Waals surface area (Å²) in [6.45, 7) is 1.99. The van der Waals surface area contributed by atoms with Gasteiger partial charge in [-0.1, -0.05) is 23.4 Å². The molecule has 1 aliphatic rings. The zero-order valence-corrected chi connectivity index (χ0v) is 12.1. The minimum atomic E-state index is -0.00774. The first-order valence-corrected chi connectivity index (χ1v) is 7.30. The Morgan fingerprint density at radius 1 is 1.24 bits per heavy atom. The molecule has 114 valence electrons. The van der Waals surface area contributed by atoms with Gasteiger partial charge in [-0.15, -0.1) is 0 Å². The van der Waals surface area contributed by atoms with Gasteiger partial charge in [-0.2, -0.15) is 0 Å². The third-order valence-electron chi connectivity index (χ3n) is 3.65. The van der Waals surface area contributed by atoms with Crippen molar-refractivity contribution in [3.05, 3.63) is 30.3 Å². The molecule has 1 saturated heterocycles. The zero-order chi connectivity index (χ0) is 15.1. The number of likely N-dealkylation sites (tertiary alicyclic amines) is 1. The number of rotatable bonds is 4. The highest BCUT2D eigenvalue weighted by molar-refractivity contribution is 5.93. The number of oxime groups is 1. The van der Waals surface area contributed by atoms with Crippen LogP contribution >= 0.6 is 0 Å². The maximum absolute atomic E-state index is 12.7. The number of hydrogen-bond acceptors (Lipinski definition) is 3. The van der Waals surface area contributed by atoms with Crippen LogP contribution in [0, 0.1) is 0 Å². The second-order valence-corrected chi connectivity index (χ2v) is 5.16. The molecule has 1 aromatic rings. The molecule has 1 fully saturated rings. The molecular weight excluding hydrogens is 268 g/mol. The van der Waals surface area contributed by atoms with Crippen LogP contribution in [0.1, 0.15) is 25.7 Å². The fourth-order valence-corrected chi connectivity index (χ4v) is 2.48. The molecule has 2 rings (SSSR count). The van der Waals surface area contributed by atoms with Gasteiger partial charge in [-0.25, -0.2) is 4.79 Å². The third-order valence-corrected chi connectivity index (χ3v) is 3.65. The Bertz CT molecular complexity index is 484. The fourth-order valence-electron chi connectivity index (χ4n) is 2.48. The van der Waals surface area contributed by atoms with Gasteiger partial charge in [0.25, 0.3) is 0 Å². The van der Waals surface area contributed by atoms with Gasteiger partial charge in [0.15, 0.2) is 0 Å². The molecule has 0 unspecified atom stereocenters. The Morgan fingerprint density at radius 3 is 2.52 bits per heavy atom. The Hall–Kier alpha value is -2.24. The van der Waals surface area contributed by atoms with Crippen molar-refractivity contribution in [1.82, 2.24) is 4.90 Å². The predicted molar refractivity (Wildman–Crippen MR) is 82.6 cm³/mol. The second-order valence-electron chi connectivity index (χ2n) is 5.16. The van der Waals surface area contributed by atoms with Crippen LogP contribution in [-0.4, -0.2) is 41.6 Å². The highest BCUT2D eigenvalue weighted by atomic mass is 16.4. The molecule has 1 aliphatic heterocycles. The molecular formula is C15H22N4O2. The van der Waals surface area contributed by atoms with Crippen LogP contribution in [0.2, 0.25) is 0 Å². The number of nitrogens with zero attached hydrogens (tertiary/aromatic N) is 3. The largest absolute Gasteiger partial charge is 0.409 e. The molecule has 0 radical (unpaired) electrons. The van der Waals surface area contributed by atoms with E-state index in [1.54, 1.807) is 4.90 Å². The van der Waals surface area contributed by atoms with Crippen LogP contribution in [0.15, 0.2) is 35.5 Å². The Balaban J connectivity index is 2.12. The first-order chi connectivity index (χ1) is 10.2. The number of benzene rings is 1. The van der Waals surface area contributed by atoms with Crippen molar-refractivity contribution >= 4 is 17.6 Å². The SMILES string of the molecule is NC(CCN(C(=O)N1CCCCC1)c1ccccc1)=NO. The monoisotopic (exact) mass is 290 g/mol. The van der Waals surface area contributed by atoms with Crippen molar-refractivity contribution in [3.8, 4) is 0 Å². The molecule has 6 nitrogen and oxygen atoms in total. The van der Waals surface area contributed by atoms with E-state index < -0.39 is 0 Å². The van der Waals surface area contributed by atoms with Gasteiger partial charge in [-0.05, 0) is 31.4 Å². The van der Waals surface area contributed by atoms with Crippen molar-refractivity contribution in [2.24, 2.45) is 10.9 Å². The van der Waals surface area contributed by atoms with Crippen molar-refractivity contribution in [1.29, 1.82) is 0 Å². The van der Waals surface area contributed by atoms with Gasteiger partial charge >= 0.3 is 6.03 Å². The summed E-state index contributed by atoms with van der Waals surface area (Å²) in [5, 5.41) is 11.6. The van der Waals surface area contributed by atoms with Gasteiger partial charge in [0.05, 0.1) is 0 Å². The highest BCUT2D eigenvalue weighted by Crippen LogP contribution is 2.18. The Kier molecular flexibility index (Phi) is 5.43. The van der Waals surface area contributed by atoms with E-state index in [1.165, 1.54) is 6.42 Å². The molecule has 3 N–H and O–H groups in total. The summed E-state index contributed by atoms with van der Waals surface area (Å²) < 4.78 is 0. The molecule has 1 heterocycles. The van der Waals surface area contributed by atoms with E-state index in [2.05, 4.69) is 5.16 Å². The normalized spacial score (nSPS) is 15.8. The molecule has 0 saturated carbocycles. The summed E-state index contributed by atoms with van der Waals surface area (Å²) in [5.74, 6) is 0.127. The predicted octanol–water partition coefficient (Wildman–Crippen LogP) is 2.24. The third kappa shape index (κ3) is 4.11. The lowest BCUT2D eigenvalue weighted by Gasteiger charge is -2.33. The minimum absolute atomic E-state index is 0.00774. The van der Waals surface area contributed by atoms with Crippen molar-refractivity contribution in [2.45, 2.75) is 25.7 Å². The van der Waals surface area contributed by atoms with Crippen LogP contribution in [0.25, 0.3) is 0 Å². The van der Waals surface area contributed by atoms with E-state index in [9.17, 15) is 4.79 Å². The quantitative estimate of drug-likeness (QED) is 0.386. The summed E-state index contributed by atoms with van der Waals surface area (Å²) in [6.07, 6.45) is 3.62. The molecule has 0 bridgehead atoms. The second kappa shape index (κ2) is 7.52. The average molecular weight is 290 g/mol. The molecule has 6 heteroatoms. The maximum atomic E-state index is 12.7. The zero-order valence-electron chi connectivity index (χ0n) is 12.1. The van der Waals surface area contributed by atoms with Crippen LogP contribution in [0.3, 0.4) is 0 Å². The van der Waals surface area contributed by atoms with E-state index >= 15 is 0 Å². The molecule has 0 atom stereocenters. The lowest BCUT2D eigenvalue weighted by atomic mass is 10.1. The number of para-hydroxylation sites is 1. The fraction of sp³-hybridized carbons (Fsp3) is 0.467. The topological polar surface area (TPSA) is 82.2 Å². The van der Waals surface area contributed by atoms with Crippen LogP contribution in [0.5, 0.6) is 0 Å². The summed E-state index contributed by atoms with van der Waals surface area (Å²) in [4.78, 5) is 16.3. The molecule has 0 spiro atoms. The van der Waals surface area contributed by atoms with E-state index in [4.69, 9.17) is 10.9 Å². The van der Waals surface area contributed by atoms with E-state index in [-0.39, 0.29) is 11.9 Å². The first-order valence-electron chi connectivity index (χ1n) is 7.30. The first kappa shape index (κ1) is 15.2. The molecule has 0 aliphatic carbocycles. The molecule has 1 aromatic carbocycles. The molecule has 2 amide bonds. The number of nitrogens with two attached hydrogens (primary N) is 1. The van der Waals surface area contributed by atoms with Crippen molar-refractivity contribution < 1.29 is 10.0 Å². The highest BCUT2D eigenvalue weighted by Gasteiger charge is 2.23. The summed E-state index contributed by atoms with van der Waals surface area (Å²) in [7, 11) is 0. The van der Waals surface area contributed by atoms with Crippen LogP contribution < -0.4 is 10.6 Å². The number of carbonyl (C=O) groups excluding carboxylic acids is 1. The number of anilines is 1. The number of amides is 2. The Morgan fingerprint density at radius 2 is 1.90 bits per heavy atom. The van der Waals surface area contributed by atoms with Crippen LogP contribution in [-0.2, 0) is 0 Å². The standard InChI is InChI=1S/C15H22N4O2/c16-14(17-21)9-12-19(13-7-3-1-4-8-13)15(20)18-10-5-2-6-11-18/h1,3-4,7-8,21H,2,5-6,9-12H2,(H2,16,17). The van der Waals surface area contributed by atoms with E-state index in [0.29, 0.717) is 13.0 Å². The van der Waals surface area contributed by atoms with Gasteiger partial charge in [0.1, 0.15) is 5.84 Å². The minimum Gasteiger partial charge on any atom is -0.409 e. The average Bonchev–Trinajstić information content (AvgIpc) is 2.56. The number of piperidine rings is 1. The van der Waals surface area contributed by atoms with E-state index in [0.717, 1.165) is 31.6 Å². The van der Waals surface area contributed by atoms with Crippen molar-refractivity contribution in [3.63, 3.8) is 0 Å². The van der Waals surface area contributed by atoms with E-state index in [1.807, 2.05) is 35.2 Å². The molecule has 0 aromatic heterocycles. The number of urea groups is 1. The summed E-state index contributed by atoms with van der Waals surface area (Å²) in [5.41, 5.74) is 6.36. The van der Waals surface area contributed by atoms with Gasteiger partial charge < -0.3 is 15.8 Å². The van der Waals surface area contributed by atoms with Crippen LogP contribution in [0.4, 0.5) is 10.5 Å². The van der Waals surface area contributed by atoms with Gasteiger partial charge in [0, 0.05) is 31.7 Å². The van der Waals surface area contributed by atoms with Gasteiger partial charge in [-0.3, -0.25) is 4.90 Å². The number of hydrogen-bond donors (Lipinski definition) is 2. The summed E-state index contributed by atoms with van der Waals surface area (Å²) in [6, 6.07) is 9.50.